The monoisotopic (exact) mass is 590 g/mol. The van der Waals surface area contributed by atoms with Crippen molar-refractivity contribution in [3.05, 3.63) is 46.9 Å². The van der Waals surface area contributed by atoms with Crippen molar-refractivity contribution in [2.45, 2.75) is 48.4 Å². The number of anilines is 1. The topological polar surface area (TPSA) is 152 Å². The van der Waals surface area contributed by atoms with Gasteiger partial charge >= 0.3 is 11.9 Å². The highest BCUT2D eigenvalue weighted by Gasteiger charge is 2.46. The molecule has 5 rings (SSSR count). The van der Waals surface area contributed by atoms with Gasteiger partial charge in [-0.05, 0) is 18.4 Å². The first-order valence-electron chi connectivity index (χ1n) is 12.3. The average molecular weight is 591 g/mol. The number of hydrogen-bond donors (Lipinski definition) is 3. The fraction of sp³-hybridized carbons (Fsp3) is 0.417. The molecule has 2 aliphatic heterocycles. The van der Waals surface area contributed by atoms with Gasteiger partial charge in [0.15, 0.2) is 10.8 Å². The van der Waals surface area contributed by atoms with Crippen molar-refractivity contribution >= 4 is 63.5 Å². The second kappa shape index (κ2) is 12.3. The molecule has 0 spiro atoms. The van der Waals surface area contributed by atoms with Gasteiger partial charge in [-0.25, -0.2) is 9.78 Å². The summed E-state index contributed by atoms with van der Waals surface area (Å²) in [6, 6.07) is 4.53. The van der Waals surface area contributed by atoms with Crippen LogP contribution in [0.3, 0.4) is 0 Å². The minimum Gasteiger partial charge on any atom is -0.398 e. The number of thiazole rings is 1. The highest BCUT2D eigenvalue weighted by atomic mass is 32.2. The standard InChI is InChI=1S/C24H27N7O5S3/c1-35-28-20(17-13-39-24(25)26-17)22(33)29-36-23(34)21-14(12-38-19-10-18(32)31(19)21)11-37-16-6-8-30(9-7-16)27-15-4-2-3-5-15/h6-9,13,15,19,27H,2-5,10-12H2,1H3,(H2-,25,26,29,33)/p+1/b28-20-/t19-/m0/s1. The molecule has 0 unspecified atom stereocenters. The van der Waals surface area contributed by atoms with E-state index >= 15 is 0 Å². The van der Waals surface area contributed by atoms with Crippen molar-refractivity contribution in [3.8, 4) is 0 Å². The fourth-order valence-electron chi connectivity index (χ4n) is 4.49. The van der Waals surface area contributed by atoms with Crippen LogP contribution in [0.5, 0.6) is 0 Å². The summed E-state index contributed by atoms with van der Waals surface area (Å²) in [5.41, 5.74) is 12.2. The van der Waals surface area contributed by atoms with E-state index in [1.54, 1.807) is 23.5 Å². The smallest absolute Gasteiger partial charge is 0.379 e. The van der Waals surface area contributed by atoms with Crippen LogP contribution in [0, 0.1) is 0 Å². The number of rotatable bonds is 9. The van der Waals surface area contributed by atoms with Crippen LogP contribution in [0.2, 0.25) is 0 Å². The Balaban J connectivity index is 1.25. The van der Waals surface area contributed by atoms with Gasteiger partial charge in [0.2, 0.25) is 18.3 Å². The predicted octanol–water partition coefficient (Wildman–Crippen LogP) is 1.78. The van der Waals surface area contributed by atoms with Crippen LogP contribution in [-0.4, -0.2) is 63.4 Å². The third-order valence-corrected chi connectivity index (χ3v) is 9.47. The molecule has 12 nitrogen and oxygen atoms in total. The first-order valence-corrected chi connectivity index (χ1v) is 15.2. The maximum Gasteiger partial charge on any atom is 0.379 e. The molecule has 1 aliphatic carbocycles. The van der Waals surface area contributed by atoms with Gasteiger partial charge in [-0.15, -0.1) is 34.9 Å². The lowest BCUT2D eigenvalue weighted by molar-refractivity contribution is -0.653. The maximum atomic E-state index is 13.2. The van der Waals surface area contributed by atoms with E-state index in [1.807, 2.05) is 29.2 Å². The molecule has 0 bridgehead atoms. The molecule has 3 aliphatic rings. The molecule has 2 fully saturated rings. The van der Waals surface area contributed by atoms with Gasteiger partial charge in [0.25, 0.3) is 0 Å². The van der Waals surface area contributed by atoms with Crippen LogP contribution in [0.1, 0.15) is 37.8 Å². The Morgan fingerprint density at radius 3 is 2.74 bits per heavy atom. The lowest BCUT2D eigenvalue weighted by Gasteiger charge is -2.44. The van der Waals surface area contributed by atoms with Crippen LogP contribution in [-0.2, 0) is 24.1 Å². The van der Waals surface area contributed by atoms with E-state index in [1.165, 1.54) is 43.1 Å². The van der Waals surface area contributed by atoms with Crippen molar-refractivity contribution in [3.63, 3.8) is 0 Å². The number of carbonyl (C=O) groups is 3. The Morgan fingerprint density at radius 2 is 2.08 bits per heavy atom. The maximum absolute atomic E-state index is 13.2. The number of carbonyl (C=O) groups excluding carboxylic acids is 3. The number of fused-ring (bicyclic) bond motifs is 1. The van der Waals surface area contributed by atoms with Crippen LogP contribution < -0.4 is 21.3 Å². The van der Waals surface area contributed by atoms with Crippen molar-refractivity contribution in [1.29, 1.82) is 0 Å². The predicted molar refractivity (Wildman–Crippen MR) is 148 cm³/mol. The van der Waals surface area contributed by atoms with Crippen molar-refractivity contribution in [1.82, 2.24) is 15.4 Å². The normalized spacial score (nSPS) is 19.4. The number of oxime groups is 1. The van der Waals surface area contributed by atoms with Crippen molar-refractivity contribution in [2.75, 3.05) is 29.8 Å². The Morgan fingerprint density at radius 1 is 1.31 bits per heavy atom. The van der Waals surface area contributed by atoms with E-state index in [-0.39, 0.29) is 33.5 Å². The van der Waals surface area contributed by atoms with Gasteiger partial charge in [-0.3, -0.25) is 14.5 Å². The molecule has 1 saturated carbocycles. The van der Waals surface area contributed by atoms with Crippen LogP contribution in [0.25, 0.3) is 0 Å². The number of nitrogen functional groups attached to an aromatic ring is 1. The second-order valence-corrected chi connectivity index (χ2v) is 12.1. The largest absolute Gasteiger partial charge is 0.398 e. The molecule has 4 N–H and O–H groups in total. The molecule has 2 aromatic rings. The van der Waals surface area contributed by atoms with Gasteiger partial charge in [-0.2, -0.15) is 10.9 Å². The molecular weight excluding hydrogens is 563 g/mol. The zero-order chi connectivity index (χ0) is 27.4. The highest BCUT2D eigenvalue weighted by Crippen LogP contribution is 2.41. The summed E-state index contributed by atoms with van der Waals surface area (Å²) < 4.78 is 1.98. The molecule has 1 atom stereocenters. The zero-order valence-electron chi connectivity index (χ0n) is 21.1. The van der Waals surface area contributed by atoms with Gasteiger partial charge < -0.3 is 15.4 Å². The quantitative estimate of drug-likeness (QED) is 0.130. The van der Waals surface area contributed by atoms with E-state index in [0.29, 0.717) is 24.0 Å². The number of pyridine rings is 1. The van der Waals surface area contributed by atoms with E-state index in [9.17, 15) is 14.4 Å². The second-order valence-electron chi connectivity index (χ2n) is 9.04. The molecule has 2 aromatic heterocycles. The third-order valence-electron chi connectivity index (χ3n) is 6.42. The molecule has 39 heavy (non-hydrogen) atoms. The lowest BCUT2D eigenvalue weighted by atomic mass is 10.1. The number of nitrogens with two attached hydrogens (primary N) is 1. The van der Waals surface area contributed by atoms with Gasteiger partial charge in [0.05, 0.1) is 17.8 Å². The minimum atomic E-state index is -0.840. The number of nitrogens with one attached hydrogen (secondary N) is 2. The van der Waals surface area contributed by atoms with Crippen LogP contribution in [0.15, 0.2) is 51.2 Å². The fourth-order valence-corrected chi connectivity index (χ4v) is 7.33. The molecule has 0 radical (unpaired) electrons. The molecular formula is C24H28N7O5S3+. The van der Waals surface area contributed by atoms with Gasteiger partial charge in [0.1, 0.15) is 18.5 Å². The SMILES string of the molecule is CO/N=C(\C(=O)NOC(=O)C1=C(CSc2cc[n+](NC3CCCC3)cc2)CS[C@H]2CC(=O)N12)c1csc(N)n1. The summed E-state index contributed by atoms with van der Waals surface area (Å²) in [6.07, 6.45) is 9.22. The summed E-state index contributed by atoms with van der Waals surface area (Å²) in [4.78, 5) is 54.7. The Bertz CT molecular complexity index is 1310. The Labute approximate surface area is 237 Å². The first-order chi connectivity index (χ1) is 18.9. The Kier molecular flexibility index (Phi) is 8.57. The first kappa shape index (κ1) is 27.3. The van der Waals surface area contributed by atoms with E-state index in [4.69, 9.17) is 15.4 Å². The number of hydrogen-bond acceptors (Lipinski definition) is 12. The summed E-state index contributed by atoms with van der Waals surface area (Å²) >= 11 is 4.29. The molecule has 206 valence electrons. The van der Waals surface area contributed by atoms with E-state index in [2.05, 4.69) is 21.0 Å². The summed E-state index contributed by atoms with van der Waals surface area (Å²) in [5.74, 6) is -0.766. The number of amides is 2. The van der Waals surface area contributed by atoms with E-state index in [0.717, 1.165) is 21.8 Å². The zero-order valence-corrected chi connectivity index (χ0v) is 23.6. The average Bonchev–Trinajstić information content (AvgIpc) is 3.61. The van der Waals surface area contributed by atoms with E-state index < -0.39 is 11.9 Å². The van der Waals surface area contributed by atoms with Gasteiger partial charge in [0, 0.05) is 33.9 Å². The summed E-state index contributed by atoms with van der Waals surface area (Å²) in [7, 11) is 1.28. The highest BCUT2D eigenvalue weighted by molar-refractivity contribution is 8.01. The number of aromatic nitrogens is 2. The van der Waals surface area contributed by atoms with Crippen molar-refractivity contribution < 1.29 is 28.7 Å². The summed E-state index contributed by atoms with van der Waals surface area (Å²) in [6.45, 7) is 0. The molecule has 4 heterocycles. The Hall–Kier alpha value is -3.30. The number of β-lactam (4-membered cyclic amide) rings is 1. The molecule has 0 aromatic carbocycles. The van der Waals surface area contributed by atoms with Gasteiger partial charge in [-0.1, -0.05) is 22.7 Å². The summed E-state index contributed by atoms with van der Waals surface area (Å²) in [5, 5.41) is 5.33. The number of hydroxylamine groups is 1. The lowest BCUT2D eigenvalue weighted by Crippen LogP contribution is -2.54. The van der Waals surface area contributed by atoms with Crippen LogP contribution >= 0.6 is 34.9 Å². The van der Waals surface area contributed by atoms with Crippen molar-refractivity contribution in [2.24, 2.45) is 5.16 Å². The number of nitrogens with zero attached hydrogens (tertiary/aromatic N) is 4. The molecule has 2 amide bonds. The van der Waals surface area contributed by atoms with Crippen LogP contribution in [0.4, 0.5) is 5.13 Å². The molecule has 15 heteroatoms. The third kappa shape index (κ3) is 6.31. The molecule has 1 saturated heterocycles. The number of thioether (sulfide) groups is 2. The minimum absolute atomic E-state index is 0.120.